The average molecular weight is 346 g/mol. The van der Waals surface area contributed by atoms with Gasteiger partial charge in [0.15, 0.2) is 0 Å². The van der Waals surface area contributed by atoms with Gasteiger partial charge in [-0.15, -0.1) is 12.4 Å². The van der Waals surface area contributed by atoms with Crippen LogP contribution in [0.15, 0.2) is 42.5 Å². The van der Waals surface area contributed by atoms with E-state index >= 15 is 0 Å². The Labute approximate surface area is 140 Å². The summed E-state index contributed by atoms with van der Waals surface area (Å²) in [6.07, 6.45) is 0.484. The number of hydrogen-bond acceptors (Lipinski definition) is 3. The van der Waals surface area contributed by atoms with Crippen molar-refractivity contribution in [3.05, 3.63) is 64.4 Å². The predicted octanol–water partition coefficient (Wildman–Crippen LogP) is 3.34. The molecule has 3 nitrogen and oxygen atoms in total. The van der Waals surface area contributed by atoms with Gasteiger partial charge in [0.1, 0.15) is 18.2 Å². The van der Waals surface area contributed by atoms with Gasteiger partial charge in [0.05, 0.1) is 11.6 Å². The van der Waals surface area contributed by atoms with E-state index in [2.05, 4.69) is 0 Å². The van der Waals surface area contributed by atoms with E-state index in [1.54, 1.807) is 18.2 Å². The fourth-order valence-corrected chi connectivity index (χ4v) is 2.20. The maximum atomic E-state index is 13.7. The van der Waals surface area contributed by atoms with Crippen molar-refractivity contribution >= 4 is 24.0 Å². The van der Waals surface area contributed by atoms with Gasteiger partial charge in [0, 0.05) is 11.6 Å². The molecule has 2 aromatic carbocycles. The summed E-state index contributed by atoms with van der Waals surface area (Å²) in [5.74, 6) is 0.216. The lowest BCUT2D eigenvalue weighted by Crippen LogP contribution is -2.27. The van der Waals surface area contributed by atoms with Gasteiger partial charge >= 0.3 is 0 Å². The van der Waals surface area contributed by atoms with Crippen LogP contribution in [-0.2, 0) is 13.0 Å². The van der Waals surface area contributed by atoms with Crippen LogP contribution in [-0.4, -0.2) is 17.8 Å². The fourth-order valence-electron chi connectivity index (χ4n) is 1.98. The third-order valence-corrected chi connectivity index (χ3v) is 3.48. The molecule has 0 aliphatic rings. The Bertz CT molecular complexity index is 590. The van der Waals surface area contributed by atoms with E-state index in [-0.39, 0.29) is 31.7 Å². The number of aliphatic hydroxyl groups is 1. The van der Waals surface area contributed by atoms with Crippen LogP contribution in [0.25, 0.3) is 0 Å². The van der Waals surface area contributed by atoms with Crippen molar-refractivity contribution in [2.45, 2.75) is 19.1 Å². The molecule has 2 rings (SSSR count). The van der Waals surface area contributed by atoms with E-state index in [1.807, 2.05) is 18.2 Å². The summed E-state index contributed by atoms with van der Waals surface area (Å²) in [7, 11) is 0. The van der Waals surface area contributed by atoms with E-state index < -0.39 is 5.82 Å². The maximum Gasteiger partial charge on any atom is 0.131 e. The Kier molecular flexibility index (Phi) is 7.62. The summed E-state index contributed by atoms with van der Waals surface area (Å²) in [6.45, 7) is -0.0651. The molecule has 0 radical (unpaired) electrons. The number of ether oxygens (including phenoxy) is 1. The maximum absolute atomic E-state index is 13.7. The molecular weight excluding hydrogens is 328 g/mol. The Morgan fingerprint density at radius 2 is 1.91 bits per heavy atom. The van der Waals surface area contributed by atoms with Crippen LogP contribution in [0.1, 0.15) is 11.1 Å². The van der Waals surface area contributed by atoms with Crippen LogP contribution < -0.4 is 10.5 Å². The van der Waals surface area contributed by atoms with Crippen molar-refractivity contribution < 1.29 is 14.2 Å². The second-order valence-electron chi connectivity index (χ2n) is 4.74. The molecule has 6 heteroatoms. The van der Waals surface area contributed by atoms with Gasteiger partial charge in [-0.3, -0.25) is 0 Å². The summed E-state index contributed by atoms with van der Waals surface area (Å²) in [4.78, 5) is 0. The minimum atomic E-state index is -0.396. The van der Waals surface area contributed by atoms with Crippen LogP contribution in [0.4, 0.5) is 4.39 Å². The predicted molar refractivity (Wildman–Crippen MR) is 88.2 cm³/mol. The zero-order chi connectivity index (χ0) is 15.2. The zero-order valence-corrected chi connectivity index (χ0v) is 13.4. The number of benzene rings is 2. The molecule has 1 atom stereocenters. The SMILES string of the molecule is Cl.NC(CO)Cc1ccccc1OCc1c(F)cccc1Cl. The Hall–Kier alpha value is -1.33. The first-order valence-corrected chi connectivity index (χ1v) is 6.99. The number of para-hydroxylation sites is 1. The van der Waals surface area contributed by atoms with Crippen molar-refractivity contribution in [2.24, 2.45) is 5.73 Å². The second-order valence-corrected chi connectivity index (χ2v) is 5.15. The topological polar surface area (TPSA) is 55.5 Å². The van der Waals surface area contributed by atoms with E-state index in [4.69, 9.17) is 27.2 Å². The molecule has 0 aromatic heterocycles. The van der Waals surface area contributed by atoms with E-state index in [0.717, 1.165) is 5.56 Å². The first-order chi connectivity index (χ1) is 10.1. The van der Waals surface area contributed by atoms with Crippen molar-refractivity contribution in [3.8, 4) is 5.75 Å². The number of aliphatic hydroxyl groups excluding tert-OH is 1. The first-order valence-electron chi connectivity index (χ1n) is 6.62. The second kappa shape index (κ2) is 8.96. The van der Waals surface area contributed by atoms with Gasteiger partial charge in [0.2, 0.25) is 0 Å². The van der Waals surface area contributed by atoms with Crippen molar-refractivity contribution in [1.82, 2.24) is 0 Å². The largest absolute Gasteiger partial charge is 0.488 e. The minimum absolute atomic E-state index is 0. The monoisotopic (exact) mass is 345 g/mol. The quantitative estimate of drug-likeness (QED) is 0.844. The molecule has 0 saturated heterocycles. The van der Waals surface area contributed by atoms with E-state index in [0.29, 0.717) is 22.8 Å². The molecule has 120 valence electrons. The highest BCUT2D eigenvalue weighted by atomic mass is 35.5. The van der Waals surface area contributed by atoms with Crippen LogP contribution >= 0.6 is 24.0 Å². The lowest BCUT2D eigenvalue weighted by atomic mass is 10.1. The fraction of sp³-hybridized carbons (Fsp3) is 0.250. The van der Waals surface area contributed by atoms with Crippen LogP contribution in [0.3, 0.4) is 0 Å². The van der Waals surface area contributed by atoms with Gasteiger partial charge in [-0.2, -0.15) is 0 Å². The molecule has 0 bridgehead atoms. The standard InChI is InChI=1S/C16H17ClFNO2.ClH/c17-14-5-3-6-15(18)13(14)10-21-16-7-2-1-4-11(16)8-12(19)9-20;/h1-7,12,20H,8-10,19H2;1H. The van der Waals surface area contributed by atoms with Crippen molar-refractivity contribution in [2.75, 3.05) is 6.61 Å². The number of halogens is 3. The third kappa shape index (κ3) is 4.85. The molecule has 3 N–H and O–H groups in total. The highest BCUT2D eigenvalue weighted by molar-refractivity contribution is 6.31. The molecule has 0 spiro atoms. The zero-order valence-electron chi connectivity index (χ0n) is 11.8. The molecule has 0 aliphatic carbocycles. The smallest absolute Gasteiger partial charge is 0.131 e. The van der Waals surface area contributed by atoms with Crippen molar-refractivity contribution in [1.29, 1.82) is 0 Å². The Morgan fingerprint density at radius 1 is 1.18 bits per heavy atom. The Balaban J connectivity index is 0.00000242. The molecule has 0 saturated carbocycles. The average Bonchev–Trinajstić information content (AvgIpc) is 2.48. The number of rotatable bonds is 6. The normalized spacial score (nSPS) is 11.6. The highest BCUT2D eigenvalue weighted by Crippen LogP contribution is 2.24. The molecule has 0 amide bonds. The highest BCUT2D eigenvalue weighted by Gasteiger charge is 2.11. The minimum Gasteiger partial charge on any atom is -0.488 e. The number of hydrogen-bond donors (Lipinski definition) is 2. The van der Waals surface area contributed by atoms with E-state index in [1.165, 1.54) is 6.07 Å². The Morgan fingerprint density at radius 3 is 2.59 bits per heavy atom. The summed E-state index contributed by atoms with van der Waals surface area (Å²) < 4.78 is 19.4. The lowest BCUT2D eigenvalue weighted by Gasteiger charge is -2.14. The molecular formula is C16H18Cl2FNO2. The summed E-state index contributed by atoms with van der Waals surface area (Å²) in [6, 6.07) is 11.5. The van der Waals surface area contributed by atoms with Crippen LogP contribution in [0.5, 0.6) is 5.75 Å². The van der Waals surface area contributed by atoms with Crippen molar-refractivity contribution in [3.63, 3.8) is 0 Å². The molecule has 0 aliphatic heterocycles. The third-order valence-electron chi connectivity index (χ3n) is 3.12. The molecule has 1 unspecified atom stereocenters. The summed E-state index contributed by atoms with van der Waals surface area (Å²) in [5, 5.41) is 9.37. The van der Waals surface area contributed by atoms with Crippen LogP contribution in [0, 0.1) is 5.82 Å². The van der Waals surface area contributed by atoms with Gasteiger partial charge in [-0.1, -0.05) is 35.9 Å². The van der Waals surface area contributed by atoms with E-state index in [9.17, 15) is 4.39 Å². The number of nitrogens with two attached hydrogens (primary N) is 1. The lowest BCUT2D eigenvalue weighted by molar-refractivity contribution is 0.261. The van der Waals surface area contributed by atoms with Gasteiger partial charge in [-0.25, -0.2) is 4.39 Å². The molecule has 0 fully saturated rings. The molecule has 0 heterocycles. The van der Waals surface area contributed by atoms with Gasteiger partial charge in [0.25, 0.3) is 0 Å². The first kappa shape index (κ1) is 18.7. The molecule has 2 aromatic rings. The molecule has 22 heavy (non-hydrogen) atoms. The van der Waals surface area contributed by atoms with Gasteiger partial charge in [-0.05, 0) is 30.2 Å². The summed E-state index contributed by atoms with van der Waals surface area (Å²) in [5.41, 5.74) is 6.93. The van der Waals surface area contributed by atoms with Crippen LogP contribution in [0.2, 0.25) is 5.02 Å². The van der Waals surface area contributed by atoms with Gasteiger partial charge < -0.3 is 15.6 Å². The summed E-state index contributed by atoms with van der Waals surface area (Å²) >= 11 is 5.97.